The van der Waals surface area contributed by atoms with Crippen molar-refractivity contribution in [1.82, 2.24) is 25.1 Å². The Hall–Kier alpha value is -3.16. The molecule has 1 saturated carbocycles. The summed E-state index contributed by atoms with van der Waals surface area (Å²) < 4.78 is 12.6. The number of fused-ring (bicyclic) bond motifs is 1. The van der Waals surface area contributed by atoms with Crippen molar-refractivity contribution in [2.75, 3.05) is 20.3 Å². The highest BCUT2D eigenvalue weighted by Gasteiger charge is 2.18. The van der Waals surface area contributed by atoms with Crippen molar-refractivity contribution in [2.24, 2.45) is 5.92 Å². The number of nitrogens with zero attached hydrogens (tertiary/aromatic N) is 4. The molecule has 1 amide bonds. The van der Waals surface area contributed by atoms with E-state index >= 15 is 0 Å². The zero-order chi connectivity index (χ0) is 20.1. The van der Waals surface area contributed by atoms with Gasteiger partial charge in [-0.15, -0.1) is 15.3 Å². The number of amides is 1. The Morgan fingerprint density at radius 2 is 2.07 bits per heavy atom. The Labute approximate surface area is 169 Å². The van der Waals surface area contributed by atoms with E-state index in [0.717, 1.165) is 11.3 Å². The van der Waals surface area contributed by atoms with Crippen LogP contribution < -0.4 is 14.8 Å². The molecule has 152 valence electrons. The first-order valence-electron chi connectivity index (χ1n) is 9.99. The van der Waals surface area contributed by atoms with Crippen LogP contribution in [0.3, 0.4) is 0 Å². The van der Waals surface area contributed by atoms with E-state index in [1.54, 1.807) is 23.8 Å². The Kier molecular flexibility index (Phi) is 5.88. The van der Waals surface area contributed by atoms with E-state index in [4.69, 9.17) is 9.47 Å². The van der Waals surface area contributed by atoms with Gasteiger partial charge < -0.3 is 14.8 Å². The van der Waals surface area contributed by atoms with Crippen molar-refractivity contribution < 1.29 is 14.3 Å². The van der Waals surface area contributed by atoms with Crippen molar-refractivity contribution in [1.29, 1.82) is 0 Å². The number of benzene rings is 1. The fourth-order valence-electron chi connectivity index (χ4n) is 3.69. The summed E-state index contributed by atoms with van der Waals surface area (Å²) in [5, 5.41) is 15.8. The molecule has 0 radical (unpaired) electrons. The van der Waals surface area contributed by atoms with Crippen LogP contribution in [-0.4, -0.2) is 46.0 Å². The molecule has 8 heteroatoms. The Bertz CT molecular complexity index is 981. The molecule has 0 aliphatic heterocycles. The Morgan fingerprint density at radius 3 is 2.90 bits per heavy atom. The smallest absolute Gasteiger partial charge is 0.231 e. The van der Waals surface area contributed by atoms with Crippen LogP contribution in [0.15, 0.2) is 36.4 Å². The number of aromatic nitrogens is 4. The molecule has 1 aromatic carbocycles. The summed E-state index contributed by atoms with van der Waals surface area (Å²) >= 11 is 0. The summed E-state index contributed by atoms with van der Waals surface area (Å²) in [6.07, 6.45) is 5.45. The van der Waals surface area contributed by atoms with E-state index < -0.39 is 0 Å². The van der Waals surface area contributed by atoms with Crippen LogP contribution in [0.1, 0.15) is 32.1 Å². The van der Waals surface area contributed by atoms with Gasteiger partial charge in [0.1, 0.15) is 12.4 Å². The van der Waals surface area contributed by atoms with Crippen molar-refractivity contribution in [3.63, 3.8) is 0 Å². The van der Waals surface area contributed by atoms with Crippen LogP contribution >= 0.6 is 0 Å². The molecule has 3 aromatic rings. The second kappa shape index (κ2) is 8.89. The molecular formula is C21H25N5O3. The maximum absolute atomic E-state index is 12.0. The zero-order valence-electron chi connectivity index (χ0n) is 16.5. The van der Waals surface area contributed by atoms with Crippen molar-refractivity contribution >= 4 is 11.6 Å². The highest BCUT2D eigenvalue weighted by molar-refractivity contribution is 5.76. The summed E-state index contributed by atoms with van der Waals surface area (Å²) in [7, 11) is 1.62. The number of methoxy groups -OCH3 is 1. The standard InChI is InChI=1S/C21H25N5O3/c1-28-17-8-4-7-16(14-17)21-24-23-18-9-10-20(25-26(18)21)29-12-11-22-19(27)13-15-5-2-3-6-15/h4,7-10,14-15H,2-3,5-6,11-13H2,1H3,(H,22,27). The number of hydrogen-bond acceptors (Lipinski definition) is 6. The third-order valence-corrected chi connectivity index (χ3v) is 5.19. The van der Waals surface area contributed by atoms with E-state index in [1.807, 2.05) is 24.3 Å². The van der Waals surface area contributed by atoms with Gasteiger partial charge in [-0.2, -0.15) is 4.52 Å². The van der Waals surface area contributed by atoms with Gasteiger partial charge in [-0.25, -0.2) is 0 Å². The first kappa shape index (κ1) is 19.2. The maximum Gasteiger partial charge on any atom is 0.231 e. The third-order valence-electron chi connectivity index (χ3n) is 5.19. The highest BCUT2D eigenvalue weighted by Crippen LogP contribution is 2.27. The minimum atomic E-state index is 0.100. The summed E-state index contributed by atoms with van der Waals surface area (Å²) in [4.78, 5) is 12.0. The molecule has 1 fully saturated rings. The SMILES string of the molecule is COc1cccc(-c2nnc3ccc(OCCNC(=O)CC4CCCC4)nn23)c1. The molecule has 1 aliphatic carbocycles. The topological polar surface area (TPSA) is 90.6 Å². The number of nitrogens with one attached hydrogen (secondary N) is 1. The second-order valence-corrected chi connectivity index (χ2v) is 7.25. The molecule has 1 N–H and O–H groups in total. The fourth-order valence-corrected chi connectivity index (χ4v) is 3.69. The predicted molar refractivity (Wildman–Crippen MR) is 108 cm³/mol. The fraction of sp³-hybridized carbons (Fsp3) is 0.429. The molecule has 1 aliphatic rings. The number of carbonyl (C=O) groups excluding carboxylic acids is 1. The molecule has 29 heavy (non-hydrogen) atoms. The molecule has 0 atom stereocenters. The van der Waals surface area contributed by atoms with Crippen LogP contribution in [0.25, 0.3) is 17.0 Å². The summed E-state index contributed by atoms with van der Waals surface area (Å²) in [5.41, 5.74) is 1.47. The van der Waals surface area contributed by atoms with E-state index in [9.17, 15) is 4.79 Å². The minimum Gasteiger partial charge on any atom is -0.497 e. The molecule has 2 heterocycles. The van der Waals surface area contributed by atoms with Gasteiger partial charge in [0.25, 0.3) is 0 Å². The van der Waals surface area contributed by atoms with Crippen LogP contribution in [0, 0.1) is 5.92 Å². The number of rotatable bonds is 8. The van der Waals surface area contributed by atoms with Crippen LogP contribution in [0.4, 0.5) is 0 Å². The molecule has 0 unspecified atom stereocenters. The van der Waals surface area contributed by atoms with E-state index in [-0.39, 0.29) is 5.91 Å². The van der Waals surface area contributed by atoms with Gasteiger partial charge in [0, 0.05) is 18.1 Å². The second-order valence-electron chi connectivity index (χ2n) is 7.25. The van der Waals surface area contributed by atoms with Gasteiger partial charge >= 0.3 is 0 Å². The average Bonchev–Trinajstić information content (AvgIpc) is 3.40. The van der Waals surface area contributed by atoms with E-state index in [1.165, 1.54) is 25.7 Å². The molecule has 2 aromatic heterocycles. The third kappa shape index (κ3) is 4.64. The van der Waals surface area contributed by atoms with Crippen LogP contribution in [-0.2, 0) is 4.79 Å². The van der Waals surface area contributed by atoms with Gasteiger partial charge in [-0.3, -0.25) is 4.79 Å². The van der Waals surface area contributed by atoms with Gasteiger partial charge in [0.2, 0.25) is 11.8 Å². The molecule has 0 saturated heterocycles. The molecule has 0 bridgehead atoms. The molecule has 4 rings (SSSR count). The quantitative estimate of drug-likeness (QED) is 0.590. The number of hydrogen-bond donors (Lipinski definition) is 1. The van der Waals surface area contributed by atoms with Crippen LogP contribution in [0.5, 0.6) is 11.6 Å². The highest BCUT2D eigenvalue weighted by atomic mass is 16.5. The van der Waals surface area contributed by atoms with Gasteiger partial charge in [0.05, 0.1) is 13.7 Å². The largest absolute Gasteiger partial charge is 0.497 e. The lowest BCUT2D eigenvalue weighted by molar-refractivity contribution is -0.122. The van der Waals surface area contributed by atoms with E-state index in [0.29, 0.717) is 42.8 Å². The number of ether oxygens (including phenoxy) is 2. The number of carbonyl (C=O) groups is 1. The summed E-state index contributed by atoms with van der Waals surface area (Å²) in [5.74, 6) is 2.44. The lowest BCUT2D eigenvalue weighted by atomic mass is 10.0. The van der Waals surface area contributed by atoms with Crippen molar-refractivity contribution in [3.05, 3.63) is 36.4 Å². The predicted octanol–water partition coefficient (Wildman–Crippen LogP) is 2.88. The van der Waals surface area contributed by atoms with E-state index in [2.05, 4.69) is 20.6 Å². The van der Waals surface area contributed by atoms with Crippen LogP contribution in [0.2, 0.25) is 0 Å². The Morgan fingerprint density at radius 1 is 1.21 bits per heavy atom. The monoisotopic (exact) mass is 395 g/mol. The lowest BCUT2D eigenvalue weighted by Gasteiger charge is -2.10. The minimum absolute atomic E-state index is 0.100. The zero-order valence-corrected chi connectivity index (χ0v) is 16.5. The van der Waals surface area contributed by atoms with Crippen molar-refractivity contribution in [3.8, 4) is 23.0 Å². The summed E-state index contributed by atoms with van der Waals surface area (Å²) in [6, 6.07) is 11.1. The van der Waals surface area contributed by atoms with Gasteiger partial charge in [0.15, 0.2) is 11.5 Å². The lowest BCUT2D eigenvalue weighted by Crippen LogP contribution is -2.29. The average molecular weight is 395 g/mol. The van der Waals surface area contributed by atoms with Gasteiger partial charge in [-0.1, -0.05) is 25.0 Å². The molecule has 0 spiro atoms. The van der Waals surface area contributed by atoms with Crippen molar-refractivity contribution in [2.45, 2.75) is 32.1 Å². The summed E-state index contributed by atoms with van der Waals surface area (Å²) in [6.45, 7) is 0.807. The Balaban J connectivity index is 1.36. The first-order valence-corrected chi connectivity index (χ1v) is 9.99. The molecule has 8 nitrogen and oxygen atoms in total. The normalized spacial score (nSPS) is 14.2. The van der Waals surface area contributed by atoms with Gasteiger partial charge in [-0.05, 0) is 37.0 Å². The maximum atomic E-state index is 12.0. The molecular weight excluding hydrogens is 370 g/mol. The first-order chi connectivity index (χ1) is 14.2.